The van der Waals surface area contributed by atoms with Crippen LogP contribution in [0.25, 0.3) is 0 Å². The second kappa shape index (κ2) is 6.43. The molecule has 0 radical (unpaired) electrons. The fourth-order valence-corrected chi connectivity index (χ4v) is 3.32. The average Bonchev–Trinajstić information content (AvgIpc) is 2.39. The number of rotatable bonds is 4. The number of nitrogens with one attached hydrogen (secondary N) is 1. The number of benzene rings is 1. The van der Waals surface area contributed by atoms with Crippen LogP contribution in [0, 0.1) is 5.82 Å². The van der Waals surface area contributed by atoms with E-state index in [0.717, 1.165) is 42.4 Å². The number of para-hydroxylation sites is 1. The molecule has 1 aliphatic heterocycles. The highest BCUT2D eigenvalue weighted by Crippen LogP contribution is 2.31. The summed E-state index contributed by atoms with van der Waals surface area (Å²) in [6, 6.07) is 5.60. The van der Waals surface area contributed by atoms with Crippen molar-refractivity contribution in [2.75, 3.05) is 36.0 Å². The maximum Gasteiger partial charge on any atom is 0.146 e. The van der Waals surface area contributed by atoms with Gasteiger partial charge in [0.1, 0.15) is 5.82 Å². The molecule has 4 heteroatoms. The molecule has 0 aliphatic carbocycles. The Hall–Kier alpha value is -0.740. The van der Waals surface area contributed by atoms with Gasteiger partial charge in [-0.05, 0) is 25.1 Å². The van der Waals surface area contributed by atoms with Crippen molar-refractivity contribution in [1.29, 1.82) is 0 Å². The van der Waals surface area contributed by atoms with Crippen LogP contribution in [0.2, 0.25) is 0 Å². The molecule has 2 rings (SSSR count). The lowest BCUT2D eigenvalue weighted by atomic mass is 10.0. The summed E-state index contributed by atoms with van der Waals surface area (Å²) in [7, 11) is 0. The van der Waals surface area contributed by atoms with Crippen LogP contribution in [0.3, 0.4) is 0 Å². The molecular formula is C14H21FN2S. The smallest absolute Gasteiger partial charge is 0.146 e. The molecule has 0 spiro atoms. The summed E-state index contributed by atoms with van der Waals surface area (Å²) in [6.07, 6.45) is 0. The van der Waals surface area contributed by atoms with E-state index in [0.29, 0.717) is 0 Å². The van der Waals surface area contributed by atoms with E-state index in [9.17, 15) is 4.39 Å². The topological polar surface area (TPSA) is 15.3 Å². The zero-order valence-electron chi connectivity index (χ0n) is 11.1. The van der Waals surface area contributed by atoms with Crippen LogP contribution in [0.15, 0.2) is 18.2 Å². The van der Waals surface area contributed by atoms with E-state index in [1.54, 1.807) is 12.1 Å². The molecule has 0 amide bonds. The van der Waals surface area contributed by atoms with Crippen molar-refractivity contribution >= 4 is 17.4 Å². The van der Waals surface area contributed by atoms with Gasteiger partial charge in [0.25, 0.3) is 0 Å². The first-order valence-corrected chi connectivity index (χ1v) is 7.74. The Morgan fingerprint density at radius 1 is 1.39 bits per heavy atom. The molecular weight excluding hydrogens is 247 g/mol. The molecule has 2 nitrogen and oxygen atoms in total. The molecule has 100 valence electrons. The zero-order chi connectivity index (χ0) is 13.0. The van der Waals surface area contributed by atoms with Crippen LogP contribution in [0.4, 0.5) is 10.1 Å². The lowest BCUT2D eigenvalue weighted by molar-refractivity contribution is 0.578. The molecule has 0 aromatic heterocycles. The minimum atomic E-state index is -0.0934. The predicted octanol–water partition coefficient (Wildman–Crippen LogP) is 3.05. The Morgan fingerprint density at radius 2 is 2.11 bits per heavy atom. The van der Waals surface area contributed by atoms with Gasteiger partial charge in [-0.15, -0.1) is 0 Å². The summed E-state index contributed by atoms with van der Waals surface area (Å²) in [6.45, 7) is 6.95. The Balaban J connectivity index is 2.30. The van der Waals surface area contributed by atoms with E-state index in [-0.39, 0.29) is 11.9 Å². The van der Waals surface area contributed by atoms with Gasteiger partial charge < -0.3 is 10.2 Å². The highest BCUT2D eigenvalue weighted by atomic mass is 32.2. The Bertz CT molecular complexity index is 391. The van der Waals surface area contributed by atoms with Crippen molar-refractivity contribution < 1.29 is 4.39 Å². The van der Waals surface area contributed by atoms with Gasteiger partial charge in [0.05, 0.1) is 5.69 Å². The van der Waals surface area contributed by atoms with Gasteiger partial charge in [0, 0.05) is 30.6 Å². The molecule has 0 bridgehead atoms. The van der Waals surface area contributed by atoms with Crippen LogP contribution in [0.5, 0.6) is 0 Å². The van der Waals surface area contributed by atoms with E-state index in [4.69, 9.17) is 0 Å². The largest absolute Gasteiger partial charge is 0.367 e. The molecule has 1 N–H and O–H groups in total. The lowest BCUT2D eigenvalue weighted by Gasteiger charge is -2.32. The van der Waals surface area contributed by atoms with Crippen LogP contribution in [0.1, 0.15) is 25.5 Å². The number of anilines is 1. The first kappa shape index (κ1) is 13.7. The quantitative estimate of drug-likeness (QED) is 0.903. The highest BCUT2D eigenvalue weighted by Gasteiger charge is 2.20. The first-order valence-electron chi connectivity index (χ1n) is 6.58. The van der Waals surface area contributed by atoms with Crippen molar-refractivity contribution in [3.8, 4) is 0 Å². The third kappa shape index (κ3) is 2.98. The van der Waals surface area contributed by atoms with Crippen molar-refractivity contribution in [2.45, 2.75) is 19.9 Å². The van der Waals surface area contributed by atoms with E-state index in [2.05, 4.69) is 24.1 Å². The van der Waals surface area contributed by atoms with Gasteiger partial charge in [-0.1, -0.05) is 19.1 Å². The van der Waals surface area contributed by atoms with Crippen molar-refractivity contribution in [3.05, 3.63) is 29.6 Å². The third-order valence-electron chi connectivity index (χ3n) is 3.32. The van der Waals surface area contributed by atoms with Gasteiger partial charge in [0.15, 0.2) is 0 Å². The summed E-state index contributed by atoms with van der Waals surface area (Å²) in [5.74, 6) is 2.08. The first-order chi connectivity index (χ1) is 8.74. The molecule has 0 saturated carbocycles. The van der Waals surface area contributed by atoms with E-state index < -0.39 is 0 Å². The van der Waals surface area contributed by atoms with E-state index in [1.165, 1.54) is 0 Å². The van der Waals surface area contributed by atoms with Gasteiger partial charge >= 0.3 is 0 Å². The maximum atomic E-state index is 14.2. The SMILES string of the molecule is CCNC(C)c1cccc(F)c1N1CCSCC1. The minimum absolute atomic E-state index is 0.0934. The van der Waals surface area contributed by atoms with E-state index >= 15 is 0 Å². The summed E-state index contributed by atoms with van der Waals surface area (Å²) in [5, 5.41) is 3.37. The molecule has 1 heterocycles. The summed E-state index contributed by atoms with van der Waals surface area (Å²) in [5.41, 5.74) is 1.87. The molecule has 1 aromatic rings. The standard InChI is InChI=1S/C14H21FN2S/c1-3-16-11(2)12-5-4-6-13(15)14(12)17-7-9-18-10-8-17/h4-6,11,16H,3,7-10H2,1-2H3. The van der Waals surface area contributed by atoms with Gasteiger partial charge in [-0.25, -0.2) is 4.39 Å². The number of hydrogen-bond donors (Lipinski definition) is 1. The molecule has 1 aliphatic rings. The lowest BCUT2D eigenvalue weighted by Crippen LogP contribution is -2.34. The van der Waals surface area contributed by atoms with Crippen LogP contribution in [-0.2, 0) is 0 Å². The van der Waals surface area contributed by atoms with Crippen LogP contribution in [-0.4, -0.2) is 31.1 Å². The second-order valence-corrected chi connectivity index (χ2v) is 5.78. The summed E-state index contributed by atoms with van der Waals surface area (Å²) >= 11 is 1.94. The molecule has 1 unspecified atom stereocenters. The van der Waals surface area contributed by atoms with Gasteiger partial charge in [-0.3, -0.25) is 0 Å². The highest BCUT2D eigenvalue weighted by molar-refractivity contribution is 7.99. The van der Waals surface area contributed by atoms with Crippen molar-refractivity contribution in [3.63, 3.8) is 0 Å². The van der Waals surface area contributed by atoms with Crippen LogP contribution < -0.4 is 10.2 Å². The average molecular weight is 268 g/mol. The third-order valence-corrected chi connectivity index (χ3v) is 4.26. The molecule has 1 fully saturated rings. The van der Waals surface area contributed by atoms with Crippen molar-refractivity contribution in [2.24, 2.45) is 0 Å². The Morgan fingerprint density at radius 3 is 2.78 bits per heavy atom. The number of nitrogens with zero attached hydrogens (tertiary/aromatic N) is 1. The second-order valence-electron chi connectivity index (χ2n) is 4.56. The summed E-state index contributed by atoms with van der Waals surface area (Å²) < 4.78 is 14.2. The van der Waals surface area contributed by atoms with Crippen molar-refractivity contribution in [1.82, 2.24) is 5.32 Å². The van der Waals surface area contributed by atoms with Gasteiger partial charge in [-0.2, -0.15) is 11.8 Å². The Kier molecular flexibility index (Phi) is 4.89. The number of halogens is 1. The Labute approximate surface area is 113 Å². The maximum absolute atomic E-state index is 14.2. The molecule has 1 atom stereocenters. The van der Waals surface area contributed by atoms with Crippen LogP contribution >= 0.6 is 11.8 Å². The zero-order valence-corrected chi connectivity index (χ0v) is 11.9. The number of thioether (sulfide) groups is 1. The number of hydrogen-bond acceptors (Lipinski definition) is 3. The van der Waals surface area contributed by atoms with Gasteiger partial charge in [0.2, 0.25) is 0 Å². The molecule has 1 saturated heterocycles. The monoisotopic (exact) mass is 268 g/mol. The molecule has 18 heavy (non-hydrogen) atoms. The predicted molar refractivity (Wildman–Crippen MR) is 78.0 cm³/mol. The fourth-order valence-electron chi connectivity index (χ4n) is 2.42. The fraction of sp³-hybridized carbons (Fsp3) is 0.571. The normalized spacial score (nSPS) is 17.8. The molecule has 1 aromatic carbocycles. The summed E-state index contributed by atoms with van der Waals surface area (Å²) in [4.78, 5) is 2.19. The minimum Gasteiger partial charge on any atom is -0.367 e. The van der Waals surface area contributed by atoms with E-state index in [1.807, 2.05) is 17.8 Å².